The van der Waals surface area contributed by atoms with Crippen LogP contribution in [-0.2, 0) is 52.4 Å². The SMILES string of the molecule is CC(N)N.O=P([O-])([O-])OP(=O)([O-])[O-].[Zn+2].[Zn+2]. The Labute approximate surface area is 112 Å². The van der Waals surface area contributed by atoms with E-state index in [0.29, 0.717) is 0 Å². The molecule has 9 nitrogen and oxygen atoms in total. The van der Waals surface area contributed by atoms with E-state index in [1.807, 2.05) is 0 Å². The van der Waals surface area contributed by atoms with E-state index in [0.717, 1.165) is 0 Å². The summed E-state index contributed by atoms with van der Waals surface area (Å²) in [6, 6.07) is 0. The van der Waals surface area contributed by atoms with Gasteiger partial charge in [-0.2, -0.15) is 0 Å². The molecule has 15 heavy (non-hydrogen) atoms. The smallest absolute Gasteiger partial charge is 0.790 e. The molecule has 4 N–H and O–H groups in total. The molecule has 0 spiro atoms. The van der Waals surface area contributed by atoms with E-state index >= 15 is 0 Å². The average molecular weight is 365 g/mol. The second-order valence-electron chi connectivity index (χ2n) is 1.84. The molecule has 0 heterocycles. The predicted octanol–water partition coefficient (Wildman–Crippen LogP) is -4.09. The Morgan fingerprint density at radius 1 is 1.00 bits per heavy atom. The van der Waals surface area contributed by atoms with Crippen LogP contribution in [0.15, 0.2) is 0 Å². The Morgan fingerprint density at radius 3 is 1.13 bits per heavy atom. The first-order valence-electron chi connectivity index (χ1n) is 2.70. The largest absolute Gasteiger partial charge is 2.00 e. The maximum absolute atomic E-state index is 9.32. The standard InChI is InChI=1S/C2H8N2.H4O7P2.2Zn/c1-2(3)4;1-8(2,3)7-9(4,5)6;;/h2H,3-4H2,1H3;(H2,1,2,3)(H2,4,5,6);;/q;;2*+2/p-4. The Hall–Kier alpha value is 1.43. The molecular formula is C2H8N2O7P2Zn2. The molecule has 0 saturated carbocycles. The molecule has 0 aromatic rings. The zero-order chi connectivity index (χ0) is 11.3. The van der Waals surface area contributed by atoms with Gasteiger partial charge in [0, 0.05) is 6.17 Å². The molecule has 0 rings (SSSR count). The van der Waals surface area contributed by atoms with Gasteiger partial charge in [0.25, 0.3) is 0 Å². The van der Waals surface area contributed by atoms with Crippen LogP contribution in [0.1, 0.15) is 6.92 Å². The summed E-state index contributed by atoms with van der Waals surface area (Å²) in [5, 5.41) is 0. The van der Waals surface area contributed by atoms with Crippen LogP contribution in [0.5, 0.6) is 0 Å². The molecule has 0 aliphatic heterocycles. The molecule has 82 valence electrons. The van der Waals surface area contributed by atoms with E-state index in [2.05, 4.69) is 4.31 Å². The second kappa shape index (κ2) is 10.6. The van der Waals surface area contributed by atoms with Gasteiger partial charge in [0.15, 0.2) is 0 Å². The minimum absolute atomic E-state index is 0. The van der Waals surface area contributed by atoms with Gasteiger partial charge in [0.2, 0.25) is 0 Å². The maximum atomic E-state index is 9.32. The average Bonchev–Trinajstić information content (AvgIpc) is 1.47. The normalized spacial score (nSPS) is 10.7. The van der Waals surface area contributed by atoms with Crippen molar-refractivity contribution < 1.29 is 72.0 Å². The van der Waals surface area contributed by atoms with Gasteiger partial charge in [-0.25, -0.2) is 0 Å². The number of rotatable bonds is 2. The molecule has 0 radical (unpaired) electrons. The summed E-state index contributed by atoms with van der Waals surface area (Å²) in [7, 11) is -11.4. The Bertz CT molecular complexity index is 202. The molecular weight excluding hydrogens is 357 g/mol. The van der Waals surface area contributed by atoms with Crippen molar-refractivity contribution >= 4 is 15.6 Å². The summed E-state index contributed by atoms with van der Waals surface area (Å²) in [4.78, 5) is 37.3. The maximum Gasteiger partial charge on any atom is 2.00 e. The topological polar surface area (TPSA) is 188 Å². The van der Waals surface area contributed by atoms with Crippen LogP contribution in [0.25, 0.3) is 0 Å². The van der Waals surface area contributed by atoms with Crippen LogP contribution in [0, 0.1) is 0 Å². The number of phosphoric acid groups is 2. The van der Waals surface area contributed by atoms with Crippen LogP contribution in [-0.4, -0.2) is 6.17 Å². The van der Waals surface area contributed by atoms with E-state index < -0.39 is 15.6 Å². The van der Waals surface area contributed by atoms with Crippen molar-refractivity contribution in [3.05, 3.63) is 0 Å². The van der Waals surface area contributed by atoms with Crippen LogP contribution in [0.3, 0.4) is 0 Å². The summed E-state index contributed by atoms with van der Waals surface area (Å²) < 4.78 is 21.2. The van der Waals surface area contributed by atoms with Gasteiger partial charge in [0.05, 0.1) is 15.6 Å². The van der Waals surface area contributed by atoms with Crippen LogP contribution >= 0.6 is 15.6 Å². The Kier molecular flexibility index (Phi) is 17.8. The fraction of sp³-hybridized carbons (Fsp3) is 1.00. The van der Waals surface area contributed by atoms with E-state index in [1.54, 1.807) is 6.92 Å². The molecule has 0 atom stereocenters. The van der Waals surface area contributed by atoms with Gasteiger partial charge >= 0.3 is 39.0 Å². The van der Waals surface area contributed by atoms with Gasteiger partial charge in [0.1, 0.15) is 0 Å². The summed E-state index contributed by atoms with van der Waals surface area (Å²) in [5.41, 5.74) is 9.78. The predicted molar refractivity (Wildman–Crippen MR) is 34.1 cm³/mol. The van der Waals surface area contributed by atoms with Crippen molar-refractivity contribution in [2.75, 3.05) is 0 Å². The van der Waals surface area contributed by atoms with Gasteiger partial charge in [-0.1, -0.05) is 0 Å². The van der Waals surface area contributed by atoms with Gasteiger partial charge in [-0.05, 0) is 6.92 Å². The van der Waals surface area contributed by atoms with Crippen molar-refractivity contribution in [2.24, 2.45) is 11.5 Å². The molecule has 0 aliphatic rings. The monoisotopic (exact) mass is 362 g/mol. The Morgan fingerprint density at radius 2 is 1.13 bits per heavy atom. The third kappa shape index (κ3) is 50.4. The van der Waals surface area contributed by atoms with Gasteiger partial charge < -0.3 is 44.5 Å². The molecule has 0 saturated heterocycles. The quantitative estimate of drug-likeness (QED) is 0.278. The minimum atomic E-state index is -5.68. The Balaban J connectivity index is -0.0000000883. The summed E-state index contributed by atoms with van der Waals surface area (Å²) in [5.74, 6) is 0. The first-order chi connectivity index (χ1) is 5.44. The van der Waals surface area contributed by atoms with E-state index in [4.69, 9.17) is 11.5 Å². The molecule has 13 heteroatoms. The molecule has 0 bridgehead atoms. The number of nitrogens with two attached hydrogens (primary N) is 2. The summed E-state index contributed by atoms with van der Waals surface area (Å²) in [6.45, 7) is 1.72. The van der Waals surface area contributed by atoms with Gasteiger partial charge in [-0.15, -0.1) is 0 Å². The third-order valence-corrected chi connectivity index (χ3v) is 1.80. The van der Waals surface area contributed by atoms with Gasteiger partial charge in [-0.3, -0.25) is 0 Å². The van der Waals surface area contributed by atoms with Crippen LogP contribution in [0.2, 0.25) is 0 Å². The van der Waals surface area contributed by atoms with E-state index in [-0.39, 0.29) is 45.1 Å². The molecule has 0 aromatic heterocycles. The first kappa shape index (κ1) is 25.3. The molecule has 0 aliphatic carbocycles. The van der Waals surface area contributed by atoms with Crippen molar-refractivity contribution in [3.63, 3.8) is 0 Å². The number of hydrogen-bond donors (Lipinski definition) is 2. The molecule has 0 fully saturated rings. The zero-order valence-electron chi connectivity index (χ0n) is 7.90. The fourth-order valence-corrected chi connectivity index (χ4v) is 1.10. The number of hydrogen-bond acceptors (Lipinski definition) is 9. The molecule has 0 amide bonds. The van der Waals surface area contributed by atoms with Crippen molar-refractivity contribution in [3.8, 4) is 0 Å². The van der Waals surface area contributed by atoms with Crippen molar-refractivity contribution in [1.29, 1.82) is 0 Å². The molecule has 0 aromatic carbocycles. The van der Waals surface area contributed by atoms with Crippen molar-refractivity contribution in [1.82, 2.24) is 0 Å². The van der Waals surface area contributed by atoms with Crippen molar-refractivity contribution in [2.45, 2.75) is 13.1 Å². The van der Waals surface area contributed by atoms with E-state index in [9.17, 15) is 28.7 Å². The van der Waals surface area contributed by atoms with Crippen LogP contribution in [0.4, 0.5) is 0 Å². The summed E-state index contributed by atoms with van der Waals surface area (Å²) in [6.07, 6.45) is -0.167. The summed E-state index contributed by atoms with van der Waals surface area (Å²) >= 11 is 0. The third-order valence-electron chi connectivity index (χ3n) is 0.200. The minimum Gasteiger partial charge on any atom is -0.790 e. The second-order valence-corrected chi connectivity index (χ2v) is 4.28. The first-order valence-corrected chi connectivity index (χ1v) is 5.63. The van der Waals surface area contributed by atoms with E-state index in [1.165, 1.54) is 0 Å². The fourth-order valence-electron chi connectivity index (χ4n) is 0.122. The molecule has 0 unspecified atom stereocenters. The zero-order valence-corrected chi connectivity index (χ0v) is 15.6. The van der Waals surface area contributed by atoms with Crippen LogP contribution < -0.4 is 31.0 Å².